The van der Waals surface area contributed by atoms with Crippen LogP contribution in [0.3, 0.4) is 0 Å². The second kappa shape index (κ2) is 5.21. The molecule has 1 aromatic heterocycles. The van der Waals surface area contributed by atoms with Gasteiger partial charge in [0.2, 0.25) is 0 Å². The number of aromatic nitrogens is 2. The van der Waals surface area contributed by atoms with Gasteiger partial charge < -0.3 is 10.1 Å². The molecule has 9 nitrogen and oxygen atoms in total. The Morgan fingerprint density at radius 1 is 1.35 bits per heavy atom. The molecule has 10 heteroatoms. The second-order valence-electron chi connectivity index (χ2n) is 4.40. The first-order valence-electron chi connectivity index (χ1n) is 5.90. The van der Waals surface area contributed by atoms with Gasteiger partial charge in [-0.15, -0.1) is 0 Å². The predicted molar refractivity (Wildman–Crippen MR) is 66.9 cm³/mol. The smallest absolute Gasteiger partial charge is 0.325 e. The molecule has 110 valence electrons. The maximum absolute atomic E-state index is 12.4. The van der Waals surface area contributed by atoms with E-state index >= 15 is 0 Å². The van der Waals surface area contributed by atoms with Gasteiger partial charge in [-0.05, 0) is 19.3 Å². The monoisotopic (exact) mass is 303 g/mol. The van der Waals surface area contributed by atoms with Crippen LogP contribution in [-0.4, -0.2) is 46.4 Å². The highest BCUT2D eigenvalue weighted by atomic mass is 32.2. The van der Waals surface area contributed by atoms with Crippen molar-refractivity contribution < 1.29 is 18.3 Å². The van der Waals surface area contributed by atoms with E-state index in [1.807, 2.05) is 4.98 Å². The molecule has 0 aromatic carbocycles. The van der Waals surface area contributed by atoms with E-state index in [9.17, 15) is 22.8 Å². The number of rotatable bonds is 3. The minimum Gasteiger partial charge on any atom is -0.480 e. The maximum Gasteiger partial charge on any atom is 0.325 e. The number of piperidine rings is 1. The number of hydrogen-bond acceptors (Lipinski definition) is 5. The summed E-state index contributed by atoms with van der Waals surface area (Å²) in [5.74, 6) is -1.26. The van der Waals surface area contributed by atoms with Crippen LogP contribution in [0.1, 0.15) is 19.3 Å². The molecule has 2 rings (SSSR count). The summed E-state index contributed by atoms with van der Waals surface area (Å²) in [5.41, 5.74) is -1.90. The van der Waals surface area contributed by atoms with Gasteiger partial charge in [0.15, 0.2) is 4.90 Å². The number of H-pyrrole nitrogens is 2. The molecule has 1 fully saturated rings. The van der Waals surface area contributed by atoms with Gasteiger partial charge in [-0.3, -0.25) is 14.6 Å². The van der Waals surface area contributed by atoms with Gasteiger partial charge in [-0.2, -0.15) is 4.31 Å². The van der Waals surface area contributed by atoms with Gasteiger partial charge in [0, 0.05) is 12.7 Å². The van der Waals surface area contributed by atoms with Crippen LogP contribution in [-0.2, 0) is 14.8 Å². The van der Waals surface area contributed by atoms with E-state index in [2.05, 4.69) is 4.98 Å². The van der Waals surface area contributed by atoms with Gasteiger partial charge in [-0.1, -0.05) is 0 Å². The fourth-order valence-electron chi connectivity index (χ4n) is 2.15. The van der Waals surface area contributed by atoms with Crippen LogP contribution in [0.15, 0.2) is 20.7 Å². The van der Waals surface area contributed by atoms with E-state index in [1.165, 1.54) is 0 Å². The van der Waals surface area contributed by atoms with Crippen LogP contribution in [0.4, 0.5) is 0 Å². The van der Waals surface area contributed by atoms with E-state index in [0.29, 0.717) is 12.8 Å². The molecule has 20 heavy (non-hydrogen) atoms. The lowest BCUT2D eigenvalue weighted by atomic mass is 10.1. The molecule has 0 radical (unpaired) electrons. The third-order valence-electron chi connectivity index (χ3n) is 3.11. The van der Waals surface area contributed by atoms with Crippen molar-refractivity contribution in [3.63, 3.8) is 0 Å². The average molecular weight is 303 g/mol. The Labute approximate surface area is 113 Å². The zero-order valence-corrected chi connectivity index (χ0v) is 11.1. The minimum atomic E-state index is -4.27. The first-order chi connectivity index (χ1) is 9.34. The van der Waals surface area contributed by atoms with Crippen LogP contribution in [0, 0.1) is 0 Å². The molecule has 1 aromatic rings. The quantitative estimate of drug-likeness (QED) is 0.633. The Bertz CT molecular complexity index is 734. The number of hydrogen-bond donors (Lipinski definition) is 3. The van der Waals surface area contributed by atoms with Crippen molar-refractivity contribution in [1.82, 2.24) is 14.3 Å². The summed E-state index contributed by atoms with van der Waals surface area (Å²) >= 11 is 0. The van der Waals surface area contributed by atoms with Crippen molar-refractivity contribution in [2.24, 2.45) is 0 Å². The van der Waals surface area contributed by atoms with Crippen LogP contribution in [0.2, 0.25) is 0 Å². The van der Waals surface area contributed by atoms with Gasteiger partial charge in [0.1, 0.15) is 6.04 Å². The molecule has 1 saturated heterocycles. The highest BCUT2D eigenvalue weighted by Crippen LogP contribution is 2.23. The second-order valence-corrected chi connectivity index (χ2v) is 6.26. The fraction of sp³-hybridized carbons (Fsp3) is 0.500. The summed E-state index contributed by atoms with van der Waals surface area (Å²) in [6.07, 6.45) is 2.09. The first-order valence-corrected chi connectivity index (χ1v) is 7.34. The summed E-state index contributed by atoms with van der Waals surface area (Å²) in [7, 11) is -4.27. The zero-order chi connectivity index (χ0) is 14.9. The molecule has 0 bridgehead atoms. The summed E-state index contributed by atoms with van der Waals surface area (Å²) < 4.78 is 25.5. The third-order valence-corrected chi connectivity index (χ3v) is 5.02. The lowest BCUT2D eigenvalue weighted by Gasteiger charge is -2.31. The van der Waals surface area contributed by atoms with Crippen molar-refractivity contribution in [1.29, 1.82) is 0 Å². The lowest BCUT2D eigenvalue weighted by molar-refractivity contribution is -0.142. The number of carbonyl (C=O) groups is 1. The van der Waals surface area contributed by atoms with E-state index in [4.69, 9.17) is 5.11 Å². The molecule has 0 unspecified atom stereocenters. The topological polar surface area (TPSA) is 140 Å². The summed E-state index contributed by atoms with van der Waals surface area (Å²) in [5, 5.41) is 9.08. The molecule has 1 aliphatic heterocycles. The van der Waals surface area contributed by atoms with Crippen molar-refractivity contribution in [3.05, 3.63) is 27.0 Å². The standard InChI is InChI=1S/C10H13N3O6S/c14-8-7(5-11-10(17)12-8)20(18,19)13-4-2-1-3-6(13)9(15)16/h5-6H,1-4H2,(H,15,16)(H2,11,12,14,17)/t6-/m1/s1. The zero-order valence-electron chi connectivity index (χ0n) is 10.3. The molecular weight excluding hydrogens is 290 g/mol. The van der Waals surface area contributed by atoms with Crippen LogP contribution < -0.4 is 11.2 Å². The van der Waals surface area contributed by atoms with Crippen molar-refractivity contribution in [2.75, 3.05) is 6.54 Å². The highest BCUT2D eigenvalue weighted by molar-refractivity contribution is 7.89. The number of aliphatic carboxylic acids is 1. The summed E-state index contributed by atoms with van der Waals surface area (Å²) in [6.45, 7) is 0.0257. The lowest BCUT2D eigenvalue weighted by Crippen LogP contribution is -2.49. The molecule has 0 saturated carbocycles. The van der Waals surface area contributed by atoms with Gasteiger partial charge in [0.05, 0.1) is 0 Å². The van der Waals surface area contributed by atoms with E-state index in [-0.39, 0.29) is 13.0 Å². The summed E-state index contributed by atoms with van der Waals surface area (Å²) in [4.78, 5) is 36.8. The average Bonchev–Trinajstić information content (AvgIpc) is 2.38. The largest absolute Gasteiger partial charge is 0.480 e. The third kappa shape index (κ3) is 2.51. The van der Waals surface area contributed by atoms with Gasteiger partial charge in [-0.25, -0.2) is 13.2 Å². The van der Waals surface area contributed by atoms with Crippen molar-refractivity contribution in [2.45, 2.75) is 30.2 Å². The Balaban J connectivity index is 2.50. The fourth-order valence-corrected chi connectivity index (χ4v) is 3.80. The normalized spacial score (nSPS) is 20.7. The molecule has 0 aliphatic carbocycles. The van der Waals surface area contributed by atoms with Gasteiger partial charge in [0.25, 0.3) is 15.6 Å². The van der Waals surface area contributed by atoms with Crippen LogP contribution in [0.25, 0.3) is 0 Å². The number of nitrogens with one attached hydrogen (secondary N) is 2. The van der Waals surface area contributed by atoms with Gasteiger partial charge >= 0.3 is 11.7 Å². The Hall–Kier alpha value is -1.94. The first kappa shape index (κ1) is 14.5. The van der Waals surface area contributed by atoms with Crippen LogP contribution in [0.5, 0.6) is 0 Å². The molecule has 3 N–H and O–H groups in total. The maximum atomic E-state index is 12.4. The van der Waals surface area contributed by atoms with E-state index in [1.54, 1.807) is 0 Å². The molecule has 1 aliphatic rings. The molecule has 2 heterocycles. The Morgan fingerprint density at radius 3 is 2.65 bits per heavy atom. The molecule has 0 amide bonds. The summed E-state index contributed by atoms with van der Waals surface area (Å²) in [6, 6.07) is -1.19. The Morgan fingerprint density at radius 2 is 2.05 bits per heavy atom. The molecular formula is C10H13N3O6S. The minimum absolute atomic E-state index is 0.0257. The highest BCUT2D eigenvalue weighted by Gasteiger charge is 2.38. The van der Waals surface area contributed by atoms with Crippen molar-refractivity contribution >= 4 is 16.0 Å². The number of carboxylic acid groups (broad SMARTS) is 1. The van der Waals surface area contributed by atoms with E-state index in [0.717, 1.165) is 10.5 Å². The number of sulfonamides is 1. The molecule has 0 spiro atoms. The molecule has 1 atom stereocenters. The number of carboxylic acids is 1. The number of nitrogens with zero attached hydrogens (tertiary/aromatic N) is 1. The Kier molecular flexibility index (Phi) is 3.77. The van der Waals surface area contributed by atoms with Crippen molar-refractivity contribution in [3.8, 4) is 0 Å². The number of aromatic amines is 2. The SMILES string of the molecule is O=C(O)[C@H]1CCCCN1S(=O)(=O)c1c[nH]c(=O)[nH]c1=O. The predicted octanol–water partition coefficient (Wildman–Crippen LogP) is -1.31. The van der Waals surface area contributed by atoms with E-state index < -0.39 is 38.2 Å². The van der Waals surface area contributed by atoms with Crippen LogP contribution >= 0.6 is 0 Å².